The minimum atomic E-state index is -0.495. The number of nitro benzene ring substituents is 1. The van der Waals surface area contributed by atoms with Crippen LogP contribution in [0.2, 0.25) is 10.0 Å². The molecule has 1 N–H and O–H groups in total. The second kappa shape index (κ2) is 7.02. The van der Waals surface area contributed by atoms with Crippen LogP contribution in [-0.4, -0.2) is 17.0 Å². The molecule has 0 aliphatic heterocycles. The van der Waals surface area contributed by atoms with Gasteiger partial charge in [0.1, 0.15) is 0 Å². The number of benzene rings is 2. The Bertz CT molecular complexity index is 745. The van der Waals surface area contributed by atoms with Gasteiger partial charge in [0, 0.05) is 17.2 Å². The molecule has 8 heteroatoms. The van der Waals surface area contributed by atoms with Crippen molar-refractivity contribution in [2.75, 3.05) is 0 Å². The Kier molecular flexibility index (Phi) is 5.08. The van der Waals surface area contributed by atoms with E-state index in [4.69, 9.17) is 23.2 Å². The van der Waals surface area contributed by atoms with Gasteiger partial charge in [-0.25, -0.2) is 5.43 Å². The fourth-order valence-corrected chi connectivity index (χ4v) is 2.08. The van der Waals surface area contributed by atoms with Crippen molar-refractivity contribution in [2.45, 2.75) is 0 Å². The molecule has 0 unspecified atom stereocenters. The highest BCUT2D eigenvalue weighted by atomic mass is 35.5. The van der Waals surface area contributed by atoms with Crippen LogP contribution < -0.4 is 5.43 Å². The summed E-state index contributed by atoms with van der Waals surface area (Å²) in [5, 5.41) is 14.9. The van der Waals surface area contributed by atoms with E-state index >= 15 is 0 Å². The van der Waals surface area contributed by atoms with Crippen LogP contribution in [0.25, 0.3) is 0 Å². The minimum Gasteiger partial charge on any atom is -0.267 e. The van der Waals surface area contributed by atoms with Crippen molar-refractivity contribution < 1.29 is 9.72 Å². The van der Waals surface area contributed by atoms with E-state index in [0.717, 1.165) is 0 Å². The first-order valence-corrected chi connectivity index (χ1v) is 6.76. The van der Waals surface area contributed by atoms with E-state index in [9.17, 15) is 14.9 Å². The van der Waals surface area contributed by atoms with Crippen molar-refractivity contribution in [3.05, 3.63) is 73.8 Å². The molecule has 112 valence electrons. The highest BCUT2D eigenvalue weighted by molar-refractivity contribution is 6.36. The molecule has 0 aliphatic carbocycles. The second-order valence-electron chi connectivity index (χ2n) is 4.17. The zero-order valence-corrected chi connectivity index (χ0v) is 12.5. The normalized spacial score (nSPS) is 10.6. The van der Waals surface area contributed by atoms with Gasteiger partial charge in [-0.3, -0.25) is 14.9 Å². The summed E-state index contributed by atoms with van der Waals surface area (Å²) in [6, 6.07) is 10.2. The second-order valence-corrected chi connectivity index (χ2v) is 5.02. The van der Waals surface area contributed by atoms with Crippen molar-refractivity contribution >= 4 is 41.0 Å². The molecule has 0 saturated carbocycles. The molecule has 0 bridgehead atoms. The van der Waals surface area contributed by atoms with Crippen LogP contribution in [0.15, 0.2) is 47.6 Å². The number of hydrogen-bond donors (Lipinski definition) is 1. The van der Waals surface area contributed by atoms with Gasteiger partial charge in [-0.1, -0.05) is 23.2 Å². The number of nitrogens with one attached hydrogen (secondary N) is 1. The largest absolute Gasteiger partial charge is 0.272 e. The minimum absolute atomic E-state index is 0.0193. The standard InChI is InChI=1S/C14H9Cl2N3O3/c15-10-3-6-12(13(16)7-10)14(20)18-17-8-9-1-4-11(5-2-9)19(21)22/h1-8H,(H,18,20)/b17-8-. The van der Waals surface area contributed by atoms with E-state index in [1.54, 1.807) is 6.07 Å². The van der Waals surface area contributed by atoms with Gasteiger partial charge in [-0.05, 0) is 35.9 Å². The molecular formula is C14H9Cl2N3O3. The lowest BCUT2D eigenvalue weighted by Gasteiger charge is -2.02. The third-order valence-corrected chi connectivity index (χ3v) is 3.21. The number of carbonyl (C=O) groups excluding carboxylic acids is 1. The molecule has 0 heterocycles. The monoisotopic (exact) mass is 337 g/mol. The maximum absolute atomic E-state index is 11.9. The average Bonchev–Trinajstić information content (AvgIpc) is 2.47. The van der Waals surface area contributed by atoms with Crippen molar-refractivity contribution in [3.63, 3.8) is 0 Å². The predicted molar refractivity (Wildman–Crippen MR) is 84.6 cm³/mol. The third-order valence-electron chi connectivity index (χ3n) is 2.66. The number of nitrogens with zero attached hydrogens (tertiary/aromatic N) is 2. The maximum Gasteiger partial charge on any atom is 0.272 e. The first-order valence-electron chi connectivity index (χ1n) is 6.00. The lowest BCUT2D eigenvalue weighted by molar-refractivity contribution is -0.384. The fourth-order valence-electron chi connectivity index (χ4n) is 1.58. The van der Waals surface area contributed by atoms with Gasteiger partial charge in [0.25, 0.3) is 11.6 Å². The van der Waals surface area contributed by atoms with Gasteiger partial charge in [0.05, 0.1) is 21.7 Å². The Morgan fingerprint density at radius 3 is 2.45 bits per heavy atom. The molecule has 0 spiro atoms. The van der Waals surface area contributed by atoms with Crippen molar-refractivity contribution in [1.82, 2.24) is 5.43 Å². The van der Waals surface area contributed by atoms with E-state index in [2.05, 4.69) is 10.5 Å². The number of carbonyl (C=O) groups is 1. The highest BCUT2D eigenvalue weighted by Crippen LogP contribution is 2.20. The smallest absolute Gasteiger partial charge is 0.267 e. The summed E-state index contributed by atoms with van der Waals surface area (Å²) < 4.78 is 0. The van der Waals surface area contributed by atoms with Crippen LogP contribution >= 0.6 is 23.2 Å². The molecule has 2 aromatic carbocycles. The topological polar surface area (TPSA) is 84.6 Å². The fraction of sp³-hybridized carbons (Fsp3) is 0. The van der Waals surface area contributed by atoms with Gasteiger partial charge in [0.15, 0.2) is 0 Å². The third kappa shape index (κ3) is 4.03. The summed E-state index contributed by atoms with van der Waals surface area (Å²) in [6.07, 6.45) is 1.37. The lowest BCUT2D eigenvalue weighted by atomic mass is 10.2. The van der Waals surface area contributed by atoms with Gasteiger partial charge < -0.3 is 0 Å². The molecule has 2 aromatic rings. The van der Waals surface area contributed by atoms with E-state index < -0.39 is 10.8 Å². The molecule has 2 rings (SSSR count). The van der Waals surface area contributed by atoms with Crippen LogP contribution in [0.3, 0.4) is 0 Å². The summed E-state index contributed by atoms with van der Waals surface area (Å²) in [5.74, 6) is -0.486. The molecule has 6 nitrogen and oxygen atoms in total. The molecule has 0 aliphatic rings. The molecule has 22 heavy (non-hydrogen) atoms. The zero-order chi connectivity index (χ0) is 16.1. The molecule has 0 saturated heterocycles. The molecule has 0 atom stereocenters. The Hall–Kier alpha value is -2.44. The first-order chi connectivity index (χ1) is 10.5. The Labute approximate surface area is 135 Å². The van der Waals surface area contributed by atoms with E-state index in [0.29, 0.717) is 10.6 Å². The first kappa shape index (κ1) is 15.9. The van der Waals surface area contributed by atoms with Crippen molar-refractivity contribution in [3.8, 4) is 0 Å². The number of rotatable bonds is 4. The summed E-state index contributed by atoms with van der Waals surface area (Å²) in [7, 11) is 0. The van der Waals surface area contributed by atoms with Crippen LogP contribution in [0.5, 0.6) is 0 Å². The molecule has 0 fully saturated rings. The van der Waals surface area contributed by atoms with Crippen LogP contribution in [0.1, 0.15) is 15.9 Å². The summed E-state index contributed by atoms with van der Waals surface area (Å²) in [4.78, 5) is 21.9. The zero-order valence-electron chi connectivity index (χ0n) is 11.0. The van der Waals surface area contributed by atoms with E-state index in [-0.39, 0.29) is 16.3 Å². The summed E-state index contributed by atoms with van der Waals surface area (Å²) in [6.45, 7) is 0. The molecule has 1 amide bonds. The van der Waals surface area contributed by atoms with Gasteiger partial charge in [-0.15, -0.1) is 0 Å². The van der Waals surface area contributed by atoms with Gasteiger partial charge in [-0.2, -0.15) is 5.10 Å². The molecular weight excluding hydrogens is 329 g/mol. The molecule has 0 radical (unpaired) electrons. The quantitative estimate of drug-likeness (QED) is 0.524. The Balaban J connectivity index is 2.02. The van der Waals surface area contributed by atoms with Crippen molar-refractivity contribution in [2.24, 2.45) is 5.10 Å². The number of hydrazone groups is 1. The van der Waals surface area contributed by atoms with Gasteiger partial charge in [0.2, 0.25) is 0 Å². The number of halogens is 2. The van der Waals surface area contributed by atoms with Crippen LogP contribution in [0, 0.1) is 10.1 Å². The highest BCUT2D eigenvalue weighted by Gasteiger charge is 2.09. The van der Waals surface area contributed by atoms with E-state index in [1.165, 1.54) is 42.6 Å². The number of nitro groups is 1. The molecule has 0 aromatic heterocycles. The Morgan fingerprint density at radius 1 is 1.18 bits per heavy atom. The number of non-ortho nitro benzene ring substituents is 1. The number of hydrogen-bond acceptors (Lipinski definition) is 4. The summed E-state index contributed by atoms with van der Waals surface area (Å²) >= 11 is 11.7. The van der Waals surface area contributed by atoms with Crippen molar-refractivity contribution in [1.29, 1.82) is 0 Å². The lowest BCUT2D eigenvalue weighted by Crippen LogP contribution is -2.18. The van der Waals surface area contributed by atoms with E-state index in [1.807, 2.05) is 0 Å². The maximum atomic E-state index is 11.9. The van der Waals surface area contributed by atoms with Gasteiger partial charge >= 0.3 is 0 Å². The van der Waals surface area contributed by atoms with Crippen LogP contribution in [0.4, 0.5) is 5.69 Å². The Morgan fingerprint density at radius 2 is 1.86 bits per heavy atom. The SMILES string of the molecule is O=C(N/N=C\c1ccc([N+](=O)[O-])cc1)c1ccc(Cl)cc1Cl. The summed E-state index contributed by atoms with van der Waals surface area (Å²) in [5.41, 5.74) is 3.14. The number of amides is 1. The predicted octanol–water partition coefficient (Wildman–Crippen LogP) is 3.67. The van der Waals surface area contributed by atoms with Crippen LogP contribution in [-0.2, 0) is 0 Å². The average molecular weight is 338 g/mol.